The minimum absolute atomic E-state index is 0.00498. The molecule has 1 unspecified atom stereocenters. The van der Waals surface area contributed by atoms with Crippen LogP contribution in [0.25, 0.3) is 22.5 Å². The Hall–Kier alpha value is -5.29. The molecule has 1 fully saturated rings. The molecule has 6 rings (SSSR count). The van der Waals surface area contributed by atoms with Crippen molar-refractivity contribution < 1.29 is 18.9 Å². The molecule has 11 nitrogen and oxygen atoms in total. The maximum absolute atomic E-state index is 13.7. The van der Waals surface area contributed by atoms with Gasteiger partial charge in [0.05, 0.1) is 5.69 Å². The van der Waals surface area contributed by atoms with Gasteiger partial charge in [-0.1, -0.05) is 35.0 Å². The van der Waals surface area contributed by atoms with Gasteiger partial charge in [0.2, 0.25) is 5.91 Å². The first-order valence-electron chi connectivity index (χ1n) is 14.4. The Morgan fingerprint density at radius 3 is 2.42 bits per heavy atom. The summed E-state index contributed by atoms with van der Waals surface area (Å²) in [7, 11) is 1.85. The summed E-state index contributed by atoms with van der Waals surface area (Å²) in [6.45, 7) is 3.18. The molecule has 3 heterocycles. The van der Waals surface area contributed by atoms with E-state index in [0.29, 0.717) is 33.4 Å². The lowest BCUT2D eigenvalue weighted by atomic mass is 9.97. The minimum Gasteiger partial charge on any atom is -0.364 e. The van der Waals surface area contributed by atoms with Crippen molar-refractivity contribution in [2.24, 2.45) is 7.05 Å². The number of hydrogen-bond donors (Lipinski definition) is 2. The number of hydrogen-bond acceptors (Lipinski definition) is 7. The van der Waals surface area contributed by atoms with Crippen LogP contribution in [-0.4, -0.2) is 61.7 Å². The lowest BCUT2D eigenvalue weighted by Gasteiger charge is -2.31. The summed E-state index contributed by atoms with van der Waals surface area (Å²) in [5, 5.41) is 18.0. The van der Waals surface area contributed by atoms with Crippen molar-refractivity contribution in [1.82, 2.24) is 30.1 Å². The molecule has 2 N–H and O–H groups in total. The highest BCUT2D eigenvalue weighted by atomic mass is 35.5. The maximum atomic E-state index is 13.7. The lowest BCUT2D eigenvalue weighted by Crippen LogP contribution is -2.45. The first-order chi connectivity index (χ1) is 21.8. The highest BCUT2D eigenvalue weighted by Gasteiger charge is 2.26. The number of aromatic nitrogens is 4. The number of carbonyl (C=O) groups excluding carboxylic acids is 3. The molecule has 1 aliphatic heterocycles. The van der Waals surface area contributed by atoms with Crippen LogP contribution in [0.4, 0.5) is 5.69 Å². The van der Waals surface area contributed by atoms with Gasteiger partial charge in [-0.25, -0.2) is 0 Å². The number of nitrogens with one attached hydrogen (secondary N) is 2. The third-order valence-electron chi connectivity index (χ3n) is 7.79. The van der Waals surface area contributed by atoms with Crippen molar-refractivity contribution in [1.29, 1.82) is 0 Å². The van der Waals surface area contributed by atoms with Crippen molar-refractivity contribution in [2.45, 2.75) is 25.8 Å². The molecular formula is C33H30ClN7O4. The highest BCUT2D eigenvalue weighted by molar-refractivity contribution is 6.31. The van der Waals surface area contributed by atoms with E-state index in [2.05, 4.69) is 26.0 Å². The number of benzene rings is 3. The number of rotatable bonds is 9. The van der Waals surface area contributed by atoms with E-state index in [-0.39, 0.29) is 17.9 Å². The SMILES string of the molecule is Cc1nocc1C(=O)NC(Cc1cc(-c2cccc(C(=O)N3CCC3)c2)ccc1Cl)C(=O)Nc1ccc(-c2nncn2C)cc1. The molecule has 0 spiro atoms. The summed E-state index contributed by atoms with van der Waals surface area (Å²) in [4.78, 5) is 41.5. The van der Waals surface area contributed by atoms with Crippen molar-refractivity contribution in [2.75, 3.05) is 18.4 Å². The van der Waals surface area contributed by atoms with Crippen molar-refractivity contribution in [3.8, 4) is 22.5 Å². The molecule has 5 aromatic rings. The fourth-order valence-electron chi connectivity index (χ4n) is 5.10. The molecule has 1 aliphatic rings. The number of likely N-dealkylation sites (tertiary alicyclic amines) is 1. The molecule has 0 aliphatic carbocycles. The summed E-state index contributed by atoms with van der Waals surface area (Å²) in [6.07, 6.45) is 3.96. The van der Waals surface area contributed by atoms with Gasteiger partial charge in [-0.05, 0) is 78.6 Å². The van der Waals surface area contributed by atoms with Crippen molar-refractivity contribution >= 4 is 35.0 Å². The Bertz CT molecular complexity index is 1880. The Kier molecular flexibility index (Phi) is 8.43. The fraction of sp³-hybridized carbons (Fsp3) is 0.212. The van der Waals surface area contributed by atoms with Crippen LogP contribution in [-0.2, 0) is 18.3 Å². The number of halogens is 1. The van der Waals surface area contributed by atoms with E-state index in [1.807, 2.05) is 60.5 Å². The monoisotopic (exact) mass is 623 g/mol. The van der Waals surface area contributed by atoms with Crippen LogP contribution in [0.5, 0.6) is 0 Å². The van der Waals surface area contributed by atoms with E-state index in [1.54, 1.807) is 36.0 Å². The second kappa shape index (κ2) is 12.7. The summed E-state index contributed by atoms with van der Waals surface area (Å²) < 4.78 is 6.73. The minimum atomic E-state index is -1.00. The molecule has 12 heteroatoms. The zero-order valence-electron chi connectivity index (χ0n) is 24.7. The van der Waals surface area contributed by atoms with Crippen LogP contribution in [0.2, 0.25) is 5.02 Å². The van der Waals surface area contributed by atoms with Gasteiger partial charge in [-0.15, -0.1) is 10.2 Å². The zero-order valence-corrected chi connectivity index (χ0v) is 25.4. The molecule has 1 atom stereocenters. The smallest absolute Gasteiger partial charge is 0.257 e. The molecule has 3 aromatic carbocycles. The molecule has 228 valence electrons. The normalized spacial score (nSPS) is 13.2. The molecule has 1 saturated heterocycles. The second-order valence-corrected chi connectivity index (χ2v) is 11.3. The second-order valence-electron chi connectivity index (χ2n) is 10.9. The quantitative estimate of drug-likeness (QED) is 0.238. The van der Waals surface area contributed by atoms with E-state index in [1.165, 1.54) is 6.26 Å². The van der Waals surface area contributed by atoms with Crippen LogP contribution < -0.4 is 10.6 Å². The molecule has 0 radical (unpaired) electrons. The third-order valence-corrected chi connectivity index (χ3v) is 8.16. The van der Waals surface area contributed by atoms with E-state index in [4.69, 9.17) is 16.1 Å². The predicted octanol–water partition coefficient (Wildman–Crippen LogP) is 4.92. The Labute approximate surface area is 264 Å². The summed E-state index contributed by atoms with van der Waals surface area (Å²) in [6, 6.07) is 19.1. The van der Waals surface area contributed by atoms with Gasteiger partial charge in [0.25, 0.3) is 11.8 Å². The number of aryl methyl sites for hydroxylation is 2. The molecule has 2 aromatic heterocycles. The molecule has 45 heavy (non-hydrogen) atoms. The Balaban J connectivity index is 1.25. The van der Waals surface area contributed by atoms with Crippen LogP contribution in [0.1, 0.15) is 38.4 Å². The Morgan fingerprint density at radius 1 is 1.00 bits per heavy atom. The number of amides is 3. The van der Waals surface area contributed by atoms with E-state index < -0.39 is 17.9 Å². The fourth-order valence-corrected chi connectivity index (χ4v) is 5.29. The van der Waals surface area contributed by atoms with Crippen molar-refractivity contribution in [3.63, 3.8) is 0 Å². The Morgan fingerprint density at radius 2 is 1.76 bits per heavy atom. The van der Waals surface area contributed by atoms with Gasteiger partial charge in [0.15, 0.2) is 5.82 Å². The van der Waals surface area contributed by atoms with Crippen LogP contribution >= 0.6 is 11.6 Å². The molecule has 0 saturated carbocycles. The van der Waals surface area contributed by atoms with E-state index in [9.17, 15) is 14.4 Å². The van der Waals surface area contributed by atoms with Gasteiger partial charge in [0.1, 0.15) is 24.2 Å². The summed E-state index contributed by atoms with van der Waals surface area (Å²) in [5.74, 6) is -0.249. The average molecular weight is 624 g/mol. The first kappa shape index (κ1) is 29.8. The standard InChI is InChI=1S/C33H30ClN7O4/c1-20-27(18-45-39-20)31(42)37-29(32(43)36-26-10-7-21(8-11-26)30-38-35-19-40(30)2)17-25-16-23(9-12-28(25)34)22-5-3-6-24(15-22)33(44)41-13-4-14-41/h3,5-12,15-16,18-19,29H,4,13-14,17H2,1-2H3,(H,36,43)(H,37,42). The zero-order chi connectivity index (χ0) is 31.5. The lowest BCUT2D eigenvalue weighted by molar-refractivity contribution is -0.118. The van der Waals surface area contributed by atoms with Crippen LogP contribution in [0.3, 0.4) is 0 Å². The highest BCUT2D eigenvalue weighted by Crippen LogP contribution is 2.28. The van der Waals surface area contributed by atoms with E-state index >= 15 is 0 Å². The largest absolute Gasteiger partial charge is 0.364 e. The van der Waals surface area contributed by atoms with Crippen LogP contribution in [0.15, 0.2) is 83.8 Å². The number of anilines is 1. The topological polar surface area (TPSA) is 135 Å². The van der Waals surface area contributed by atoms with Gasteiger partial charge in [-0.3, -0.25) is 14.4 Å². The molecule has 3 amide bonds. The van der Waals surface area contributed by atoms with Gasteiger partial charge < -0.3 is 24.6 Å². The van der Waals surface area contributed by atoms with Crippen molar-refractivity contribution in [3.05, 3.63) is 107 Å². The molecular weight excluding hydrogens is 594 g/mol. The average Bonchev–Trinajstić information content (AvgIpc) is 3.65. The predicted molar refractivity (Wildman–Crippen MR) is 169 cm³/mol. The molecule has 0 bridgehead atoms. The maximum Gasteiger partial charge on any atom is 0.257 e. The number of carbonyl (C=O) groups is 3. The van der Waals surface area contributed by atoms with Gasteiger partial charge in [0, 0.05) is 48.4 Å². The third kappa shape index (κ3) is 6.48. The van der Waals surface area contributed by atoms with Gasteiger partial charge >= 0.3 is 0 Å². The van der Waals surface area contributed by atoms with E-state index in [0.717, 1.165) is 36.2 Å². The number of nitrogens with zero attached hydrogens (tertiary/aromatic N) is 5. The summed E-state index contributed by atoms with van der Waals surface area (Å²) in [5.41, 5.74) is 4.93. The van der Waals surface area contributed by atoms with Crippen LogP contribution in [0, 0.1) is 6.92 Å². The summed E-state index contributed by atoms with van der Waals surface area (Å²) >= 11 is 6.64. The first-order valence-corrected chi connectivity index (χ1v) is 14.8. The van der Waals surface area contributed by atoms with Gasteiger partial charge in [-0.2, -0.15) is 0 Å².